The molecule has 3 aromatic rings. The molecule has 1 heterocycles. The lowest BCUT2D eigenvalue weighted by molar-refractivity contribution is 0.870. The third kappa shape index (κ3) is 3.43. The van der Waals surface area contributed by atoms with Crippen molar-refractivity contribution in [2.45, 2.75) is 6.92 Å². The molecule has 0 unspecified atom stereocenters. The molecule has 1 aromatic heterocycles. The number of anilines is 1. The molecule has 0 bridgehead atoms. The van der Waals surface area contributed by atoms with Gasteiger partial charge in [0.15, 0.2) is 0 Å². The van der Waals surface area contributed by atoms with E-state index >= 15 is 0 Å². The Labute approximate surface area is 140 Å². The number of aromatic nitrogens is 2. The molecule has 116 valence electrons. The van der Waals surface area contributed by atoms with E-state index in [0.717, 1.165) is 28.6 Å². The lowest BCUT2D eigenvalue weighted by Gasteiger charge is -2.12. The van der Waals surface area contributed by atoms with Gasteiger partial charge in [0.25, 0.3) is 0 Å². The molecule has 1 N–H and O–H groups in total. The average molecular weight is 325 g/mol. The maximum Gasteiger partial charge on any atom is 0.135 e. The molecule has 0 saturated heterocycles. The van der Waals surface area contributed by atoms with Gasteiger partial charge in [0.2, 0.25) is 0 Å². The highest BCUT2D eigenvalue weighted by Crippen LogP contribution is 2.19. The highest BCUT2D eigenvalue weighted by atomic mass is 35.5. The van der Waals surface area contributed by atoms with Gasteiger partial charge < -0.3 is 5.32 Å². The number of para-hydroxylation sites is 1. The number of hydrogen-bond acceptors (Lipinski definition) is 2. The number of nitrogens with zero attached hydrogens (tertiary/aromatic N) is 3. The zero-order valence-corrected chi connectivity index (χ0v) is 13.7. The molecule has 0 atom stereocenters. The predicted molar refractivity (Wildman–Crippen MR) is 95.8 cm³/mol. The highest BCUT2D eigenvalue weighted by Gasteiger charge is 2.11. The fraction of sp³-hybridized carbons (Fsp3) is 0.111. The quantitative estimate of drug-likeness (QED) is 0.576. The van der Waals surface area contributed by atoms with Crippen LogP contribution in [0.4, 0.5) is 5.82 Å². The maximum atomic E-state index is 6.08. The molecule has 0 fully saturated rings. The molecule has 0 aliphatic rings. The Hall–Kier alpha value is -2.59. The van der Waals surface area contributed by atoms with Crippen molar-refractivity contribution in [3.63, 3.8) is 0 Å². The van der Waals surface area contributed by atoms with Crippen LogP contribution in [0.3, 0.4) is 0 Å². The number of benzene rings is 2. The molecule has 0 radical (unpaired) electrons. The topological polar surface area (TPSA) is 42.2 Å². The predicted octanol–water partition coefficient (Wildman–Crippen LogP) is 4.32. The van der Waals surface area contributed by atoms with Crippen molar-refractivity contribution in [1.29, 1.82) is 0 Å². The molecule has 5 heteroatoms. The van der Waals surface area contributed by atoms with Crippen LogP contribution in [-0.2, 0) is 0 Å². The van der Waals surface area contributed by atoms with E-state index in [9.17, 15) is 0 Å². The van der Waals surface area contributed by atoms with Crippen molar-refractivity contribution in [3.05, 3.63) is 76.9 Å². The van der Waals surface area contributed by atoms with Crippen LogP contribution in [0.1, 0.15) is 11.3 Å². The van der Waals surface area contributed by atoms with Crippen molar-refractivity contribution >= 4 is 23.3 Å². The van der Waals surface area contributed by atoms with Gasteiger partial charge in [-0.15, -0.1) is 0 Å². The van der Waals surface area contributed by atoms with Gasteiger partial charge >= 0.3 is 0 Å². The van der Waals surface area contributed by atoms with Gasteiger partial charge in [-0.25, -0.2) is 4.68 Å². The Kier molecular flexibility index (Phi) is 4.44. The first-order valence-corrected chi connectivity index (χ1v) is 7.67. The van der Waals surface area contributed by atoms with Crippen molar-refractivity contribution < 1.29 is 0 Å². The summed E-state index contributed by atoms with van der Waals surface area (Å²) in [4.78, 5) is 4.34. The number of hydrogen-bond donors (Lipinski definition) is 1. The molecular formula is C18H17ClN4. The molecule has 0 spiro atoms. The van der Waals surface area contributed by atoms with Crippen LogP contribution < -0.4 is 5.32 Å². The second-order valence-corrected chi connectivity index (χ2v) is 5.56. The first-order valence-electron chi connectivity index (χ1n) is 7.29. The fourth-order valence-electron chi connectivity index (χ4n) is 2.37. The van der Waals surface area contributed by atoms with Gasteiger partial charge in [-0.1, -0.05) is 41.9 Å². The average Bonchev–Trinajstić information content (AvgIpc) is 2.94. The van der Waals surface area contributed by atoms with Crippen molar-refractivity contribution in [2.24, 2.45) is 4.99 Å². The monoisotopic (exact) mass is 324 g/mol. The van der Waals surface area contributed by atoms with E-state index in [1.807, 2.05) is 72.3 Å². The Morgan fingerprint density at radius 2 is 1.87 bits per heavy atom. The third-order valence-electron chi connectivity index (χ3n) is 3.40. The summed E-state index contributed by atoms with van der Waals surface area (Å²) in [5, 5.41) is 8.58. The summed E-state index contributed by atoms with van der Waals surface area (Å²) >= 11 is 6.08. The van der Waals surface area contributed by atoms with Crippen LogP contribution in [0.5, 0.6) is 0 Å². The third-order valence-corrected chi connectivity index (χ3v) is 3.64. The molecular weight excluding hydrogens is 308 g/mol. The first kappa shape index (κ1) is 15.3. The van der Waals surface area contributed by atoms with Crippen LogP contribution in [0.15, 0.2) is 65.7 Å². The van der Waals surface area contributed by atoms with Gasteiger partial charge in [0, 0.05) is 23.7 Å². The van der Waals surface area contributed by atoms with Crippen LogP contribution in [-0.4, -0.2) is 22.7 Å². The number of halogens is 1. The fourth-order valence-corrected chi connectivity index (χ4v) is 2.56. The Morgan fingerprint density at radius 1 is 1.09 bits per heavy atom. The summed E-state index contributed by atoms with van der Waals surface area (Å²) in [7, 11) is 1.75. The SMILES string of the molecule is CN=C(Nc1cc(C)nn1-c1ccccc1)c1cccc(Cl)c1. The smallest absolute Gasteiger partial charge is 0.135 e. The van der Waals surface area contributed by atoms with Crippen molar-refractivity contribution in [2.75, 3.05) is 12.4 Å². The van der Waals surface area contributed by atoms with E-state index in [4.69, 9.17) is 11.6 Å². The summed E-state index contributed by atoms with van der Waals surface area (Å²) < 4.78 is 1.87. The Bertz CT molecular complexity index is 837. The highest BCUT2D eigenvalue weighted by molar-refractivity contribution is 6.31. The standard InChI is InChI=1S/C18H17ClN4/c1-13-11-17(23(22-13)16-9-4-3-5-10-16)21-18(20-2)14-7-6-8-15(19)12-14/h3-12H,1-2H3,(H,20,21). The van der Waals surface area contributed by atoms with E-state index in [1.54, 1.807) is 7.05 Å². The number of aliphatic imine (C=N–C) groups is 1. The molecule has 0 aliphatic heterocycles. The van der Waals surface area contributed by atoms with Crippen LogP contribution >= 0.6 is 11.6 Å². The zero-order chi connectivity index (χ0) is 16.2. The largest absolute Gasteiger partial charge is 0.325 e. The minimum Gasteiger partial charge on any atom is -0.325 e. The van der Waals surface area contributed by atoms with Crippen molar-refractivity contribution in [3.8, 4) is 5.69 Å². The first-order chi connectivity index (χ1) is 11.2. The molecule has 0 aliphatic carbocycles. The molecule has 0 amide bonds. The lowest BCUT2D eigenvalue weighted by atomic mass is 10.2. The Morgan fingerprint density at radius 3 is 2.57 bits per heavy atom. The second-order valence-electron chi connectivity index (χ2n) is 5.13. The molecule has 3 rings (SSSR count). The molecule has 4 nitrogen and oxygen atoms in total. The van der Waals surface area contributed by atoms with E-state index in [0.29, 0.717) is 5.02 Å². The van der Waals surface area contributed by atoms with Crippen molar-refractivity contribution in [1.82, 2.24) is 9.78 Å². The van der Waals surface area contributed by atoms with Crippen LogP contribution in [0, 0.1) is 6.92 Å². The lowest BCUT2D eigenvalue weighted by Crippen LogP contribution is -2.16. The normalized spacial score (nSPS) is 11.5. The summed E-state index contributed by atoms with van der Waals surface area (Å²) in [6, 6.07) is 19.6. The van der Waals surface area contributed by atoms with Crippen LogP contribution in [0.25, 0.3) is 5.69 Å². The maximum absolute atomic E-state index is 6.08. The van der Waals surface area contributed by atoms with Gasteiger partial charge in [-0.05, 0) is 31.2 Å². The minimum absolute atomic E-state index is 0.679. The Balaban J connectivity index is 1.97. The summed E-state index contributed by atoms with van der Waals surface area (Å²) in [5.41, 5.74) is 2.85. The molecule has 0 saturated carbocycles. The van der Waals surface area contributed by atoms with E-state index in [2.05, 4.69) is 15.4 Å². The van der Waals surface area contributed by atoms with E-state index in [-0.39, 0.29) is 0 Å². The second kappa shape index (κ2) is 6.67. The molecule has 23 heavy (non-hydrogen) atoms. The zero-order valence-electron chi connectivity index (χ0n) is 13.0. The van der Waals surface area contributed by atoms with Gasteiger partial charge in [-0.3, -0.25) is 4.99 Å². The van der Waals surface area contributed by atoms with Crippen LogP contribution in [0.2, 0.25) is 5.02 Å². The summed E-state index contributed by atoms with van der Waals surface area (Å²) in [6.07, 6.45) is 0. The number of amidine groups is 1. The summed E-state index contributed by atoms with van der Waals surface area (Å²) in [6.45, 7) is 1.97. The number of rotatable bonds is 3. The van der Waals surface area contributed by atoms with Gasteiger partial charge in [-0.2, -0.15) is 5.10 Å². The minimum atomic E-state index is 0.679. The summed E-state index contributed by atoms with van der Waals surface area (Å²) in [5.74, 6) is 1.60. The number of nitrogens with one attached hydrogen (secondary N) is 1. The van der Waals surface area contributed by atoms with E-state index < -0.39 is 0 Å². The van der Waals surface area contributed by atoms with Gasteiger partial charge in [0.05, 0.1) is 11.4 Å². The van der Waals surface area contributed by atoms with E-state index in [1.165, 1.54) is 0 Å². The van der Waals surface area contributed by atoms with Gasteiger partial charge in [0.1, 0.15) is 11.7 Å². The molecule has 2 aromatic carbocycles. The number of aryl methyl sites for hydroxylation is 1.